The Kier molecular flexibility index (Phi) is 2.87. The van der Waals surface area contributed by atoms with Crippen molar-refractivity contribution in [1.82, 2.24) is 9.97 Å². The smallest absolute Gasteiger partial charge is 0.0921 e. The highest BCUT2D eigenvalue weighted by Crippen LogP contribution is 2.31. The van der Waals surface area contributed by atoms with E-state index < -0.39 is 0 Å². The average molecular weight is 253 g/mol. The van der Waals surface area contributed by atoms with Crippen LogP contribution >= 0.6 is 15.9 Å². The van der Waals surface area contributed by atoms with Crippen LogP contribution in [0.25, 0.3) is 0 Å². The van der Waals surface area contributed by atoms with Gasteiger partial charge in [0.2, 0.25) is 0 Å². The molecule has 0 saturated carbocycles. The monoisotopic (exact) mass is 252 g/mol. The molecule has 1 aliphatic carbocycles. The number of nitrogens with zero attached hydrogens (tertiary/aromatic N) is 1. The number of allylic oxidation sites excluding steroid dienone is 4. The predicted molar refractivity (Wildman–Crippen MR) is 61.2 cm³/mol. The second-order valence-electron chi connectivity index (χ2n) is 3.54. The van der Waals surface area contributed by atoms with Gasteiger partial charge in [-0.1, -0.05) is 34.5 Å². The number of aromatic amines is 1. The van der Waals surface area contributed by atoms with Gasteiger partial charge in [0.15, 0.2) is 0 Å². The molecule has 14 heavy (non-hydrogen) atoms. The van der Waals surface area contributed by atoms with Crippen molar-refractivity contribution in [3.05, 3.63) is 40.4 Å². The molecule has 2 rings (SSSR count). The van der Waals surface area contributed by atoms with Crippen molar-refractivity contribution in [2.24, 2.45) is 5.92 Å². The van der Waals surface area contributed by atoms with Crippen molar-refractivity contribution >= 4 is 15.9 Å². The van der Waals surface area contributed by atoms with Gasteiger partial charge in [0, 0.05) is 22.8 Å². The van der Waals surface area contributed by atoms with Crippen LogP contribution in [-0.4, -0.2) is 9.97 Å². The molecule has 0 bridgehead atoms. The summed E-state index contributed by atoms with van der Waals surface area (Å²) in [6, 6.07) is 0. The molecule has 0 aromatic carbocycles. The van der Waals surface area contributed by atoms with Crippen LogP contribution in [0.1, 0.15) is 19.0 Å². The van der Waals surface area contributed by atoms with Gasteiger partial charge in [-0.3, -0.25) is 0 Å². The zero-order valence-corrected chi connectivity index (χ0v) is 9.71. The molecule has 0 aliphatic heterocycles. The van der Waals surface area contributed by atoms with Gasteiger partial charge in [-0.15, -0.1) is 0 Å². The Morgan fingerprint density at radius 1 is 1.57 bits per heavy atom. The van der Waals surface area contributed by atoms with E-state index in [-0.39, 0.29) is 0 Å². The number of H-pyrrole nitrogens is 1. The van der Waals surface area contributed by atoms with E-state index in [1.165, 1.54) is 15.7 Å². The van der Waals surface area contributed by atoms with Gasteiger partial charge in [0.1, 0.15) is 0 Å². The zero-order valence-electron chi connectivity index (χ0n) is 8.13. The summed E-state index contributed by atoms with van der Waals surface area (Å²) in [5.41, 5.74) is 2.65. The summed E-state index contributed by atoms with van der Waals surface area (Å²) < 4.78 is 1.21. The van der Waals surface area contributed by atoms with Gasteiger partial charge >= 0.3 is 0 Å². The lowest BCUT2D eigenvalue weighted by atomic mass is 9.96. The summed E-state index contributed by atoms with van der Waals surface area (Å²) in [6.07, 6.45) is 10.2. The molecular formula is C11H13BrN2. The molecule has 3 heteroatoms. The van der Waals surface area contributed by atoms with Crippen LogP contribution in [0.5, 0.6) is 0 Å². The highest BCUT2D eigenvalue weighted by atomic mass is 79.9. The van der Waals surface area contributed by atoms with E-state index in [1.807, 2.05) is 6.20 Å². The summed E-state index contributed by atoms with van der Waals surface area (Å²) in [5.74, 6) is 0.590. The minimum absolute atomic E-state index is 0.590. The molecule has 1 aromatic heterocycles. The summed E-state index contributed by atoms with van der Waals surface area (Å²) in [5, 5.41) is 0. The fraction of sp³-hybridized carbons (Fsp3) is 0.364. The molecule has 2 nitrogen and oxygen atoms in total. The average Bonchev–Trinajstić information content (AvgIpc) is 2.76. The first-order valence-corrected chi connectivity index (χ1v) is 5.64. The minimum Gasteiger partial charge on any atom is -0.348 e. The standard InChI is InChI=1S/C11H13BrN2/c1-2-8-3-10(12)4-9(8)5-11-6-13-7-14-11/h3-4,6-8H,2,5H2,1H3,(H,13,14). The first-order valence-electron chi connectivity index (χ1n) is 4.84. The summed E-state index contributed by atoms with van der Waals surface area (Å²) in [7, 11) is 0. The van der Waals surface area contributed by atoms with Crippen molar-refractivity contribution < 1.29 is 0 Å². The van der Waals surface area contributed by atoms with Crippen molar-refractivity contribution in [2.45, 2.75) is 19.8 Å². The second-order valence-corrected chi connectivity index (χ2v) is 4.45. The van der Waals surface area contributed by atoms with Crippen molar-refractivity contribution in [3.8, 4) is 0 Å². The van der Waals surface area contributed by atoms with E-state index in [0.29, 0.717) is 5.92 Å². The van der Waals surface area contributed by atoms with Crippen LogP contribution in [0, 0.1) is 5.92 Å². The maximum Gasteiger partial charge on any atom is 0.0921 e. The largest absolute Gasteiger partial charge is 0.348 e. The molecule has 0 radical (unpaired) electrons. The van der Waals surface area contributed by atoms with Gasteiger partial charge < -0.3 is 4.98 Å². The van der Waals surface area contributed by atoms with E-state index in [2.05, 4.69) is 45.0 Å². The Bertz CT molecular complexity index is 363. The summed E-state index contributed by atoms with van der Waals surface area (Å²) in [6.45, 7) is 2.22. The van der Waals surface area contributed by atoms with Crippen LogP contribution in [0.2, 0.25) is 0 Å². The lowest BCUT2D eigenvalue weighted by molar-refractivity contribution is 0.714. The Morgan fingerprint density at radius 3 is 3.07 bits per heavy atom. The maximum atomic E-state index is 4.02. The first kappa shape index (κ1) is 9.71. The number of hydrogen-bond acceptors (Lipinski definition) is 1. The van der Waals surface area contributed by atoms with Gasteiger partial charge in [-0.25, -0.2) is 4.98 Å². The third-order valence-corrected chi connectivity index (χ3v) is 3.04. The number of halogens is 1. The second kappa shape index (κ2) is 4.13. The third-order valence-electron chi connectivity index (χ3n) is 2.55. The van der Waals surface area contributed by atoms with E-state index in [9.17, 15) is 0 Å². The molecule has 0 fully saturated rings. The number of hydrogen-bond donors (Lipinski definition) is 1. The number of nitrogens with one attached hydrogen (secondary N) is 1. The van der Waals surface area contributed by atoms with Crippen LogP contribution in [0.3, 0.4) is 0 Å². The molecule has 1 unspecified atom stereocenters. The minimum atomic E-state index is 0.590. The van der Waals surface area contributed by atoms with Gasteiger partial charge in [0.05, 0.1) is 6.33 Å². The normalized spacial score (nSPS) is 20.9. The van der Waals surface area contributed by atoms with E-state index in [4.69, 9.17) is 0 Å². The highest BCUT2D eigenvalue weighted by molar-refractivity contribution is 9.11. The summed E-state index contributed by atoms with van der Waals surface area (Å²) >= 11 is 3.52. The van der Waals surface area contributed by atoms with E-state index >= 15 is 0 Å². The highest BCUT2D eigenvalue weighted by Gasteiger charge is 2.16. The number of aromatic nitrogens is 2. The number of imidazole rings is 1. The molecule has 1 aliphatic rings. The van der Waals surface area contributed by atoms with Gasteiger partial charge in [0.25, 0.3) is 0 Å². The Morgan fingerprint density at radius 2 is 2.43 bits per heavy atom. The third kappa shape index (κ3) is 1.98. The Balaban J connectivity index is 2.09. The van der Waals surface area contributed by atoms with Crippen molar-refractivity contribution in [1.29, 1.82) is 0 Å². The fourth-order valence-electron chi connectivity index (χ4n) is 1.79. The lowest BCUT2D eigenvalue weighted by Crippen LogP contribution is -1.99. The molecule has 1 aromatic rings. The Labute approximate surface area is 92.3 Å². The SMILES string of the molecule is CCC1C=C(Br)C=C1Cc1cnc[nH]1. The molecule has 1 N–H and O–H groups in total. The molecule has 74 valence electrons. The molecular weight excluding hydrogens is 240 g/mol. The van der Waals surface area contributed by atoms with E-state index in [1.54, 1.807) is 6.33 Å². The van der Waals surface area contributed by atoms with Crippen molar-refractivity contribution in [2.75, 3.05) is 0 Å². The van der Waals surface area contributed by atoms with Crippen LogP contribution in [0.15, 0.2) is 34.7 Å². The fourth-order valence-corrected chi connectivity index (χ4v) is 2.41. The van der Waals surface area contributed by atoms with E-state index in [0.717, 1.165) is 12.8 Å². The van der Waals surface area contributed by atoms with Crippen molar-refractivity contribution in [3.63, 3.8) is 0 Å². The number of rotatable bonds is 3. The molecule has 1 atom stereocenters. The molecule has 0 saturated heterocycles. The van der Waals surface area contributed by atoms with Crippen LogP contribution in [-0.2, 0) is 6.42 Å². The first-order chi connectivity index (χ1) is 6.79. The lowest BCUT2D eigenvalue weighted by Gasteiger charge is -2.09. The zero-order chi connectivity index (χ0) is 9.97. The topological polar surface area (TPSA) is 28.7 Å². The molecule has 0 amide bonds. The van der Waals surface area contributed by atoms with Gasteiger partial charge in [-0.2, -0.15) is 0 Å². The summed E-state index contributed by atoms with van der Waals surface area (Å²) in [4.78, 5) is 7.16. The predicted octanol–water partition coefficient (Wildman–Crippen LogP) is 3.20. The molecule has 0 spiro atoms. The van der Waals surface area contributed by atoms with Gasteiger partial charge in [-0.05, 0) is 18.4 Å². The quantitative estimate of drug-likeness (QED) is 0.880. The maximum absolute atomic E-state index is 4.02. The van der Waals surface area contributed by atoms with Crippen LogP contribution in [0.4, 0.5) is 0 Å². The van der Waals surface area contributed by atoms with Crippen LogP contribution < -0.4 is 0 Å². The Hall–Kier alpha value is -0.830. The molecule has 1 heterocycles.